The molecule has 1 N–H and O–H groups in total. The third-order valence-corrected chi connectivity index (χ3v) is 2.91. The van der Waals surface area contributed by atoms with E-state index in [-0.39, 0.29) is 5.25 Å². The molecule has 1 aromatic heterocycles. The quantitative estimate of drug-likeness (QED) is 0.613. The zero-order chi connectivity index (χ0) is 11.4. The molecule has 0 fully saturated rings. The van der Waals surface area contributed by atoms with E-state index in [1.54, 1.807) is 13.0 Å². The van der Waals surface area contributed by atoms with Gasteiger partial charge in [-0.15, -0.1) is 0 Å². The van der Waals surface area contributed by atoms with Crippen molar-refractivity contribution in [1.29, 1.82) is 0 Å². The summed E-state index contributed by atoms with van der Waals surface area (Å²) in [4.78, 5) is 11.3. The van der Waals surface area contributed by atoms with Gasteiger partial charge in [-0.1, -0.05) is 13.8 Å². The van der Waals surface area contributed by atoms with Gasteiger partial charge in [-0.3, -0.25) is 5.10 Å². The number of carbonyl (C=O) groups is 1. The van der Waals surface area contributed by atoms with E-state index in [0.29, 0.717) is 18.2 Å². The summed E-state index contributed by atoms with van der Waals surface area (Å²) in [5.41, 5.74) is 1.16. The zero-order valence-electron chi connectivity index (χ0n) is 9.15. The number of aromatic amines is 1. The maximum absolute atomic E-state index is 11.3. The molecule has 1 atom stereocenters. The Morgan fingerprint density at radius 2 is 2.33 bits per heavy atom. The number of rotatable bonds is 4. The molecule has 4 nitrogen and oxygen atoms in total. The van der Waals surface area contributed by atoms with Crippen LogP contribution in [0.1, 0.15) is 42.2 Å². The van der Waals surface area contributed by atoms with Crippen LogP contribution >= 0.6 is 12.6 Å². The molecule has 0 amide bonds. The van der Waals surface area contributed by atoms with Crippen LogP contribution in [0.4, 0.5) is 0 Å². The van der Waals surface area contributed by atoms with Crippen molar-refractivity contribution in [2.75, 3.05) is 6.61 Å². The molecule has 0 spiro atoms. The summed E-state index contributed by atoms with van der Waals surface area (Å²) in [7, 11) is 0. The summed E-state index contributed by atoms with van der Waals surface area (Å²) >= 11 is 4.43. The molecule has 0 aliphatic rings. The van der Waals surface area contributed by atoms with Crippen molar-refractivity contribution in [1.82, 2.24) is 10.2 Å². The van der Waals surface area contributed by atoms with Crippen LogP contribution in [0.5, 0.6) is 0 Å². The van der Waals surface area contributed by atoms with Crippen LogP contribution in [0.25, 0.3) is 0 Å². The average molecular weight is 228 g/mol. The van der Waals surface area contributed by atoms with Crippen LogP contribution in [0, 0.1) is 5.92 Å². The van der Waals surface area contributed by atoms with Gasteiger partial charge in [-0.05, 0) is 18.9 Å². The van der Waals surface area contributed by atoms with Crippen LogP contribution in [-0.4, -0.2) is 22.8 Å². The molecule has 5 heteroatoms. The maximum Gasteiger partial charge on any atom is 0.358 e. The molecule has 1 aromatic rings. The lowest BCUT2D eigenvalue weighted by atomic mass is 10.1. The van der Waals surface area contributed by atoms with E-state index >= 15 is 0 Å². The minimum atomic E-state index is -0.399. The minimum absolute atomic E-state index is 0.0562. The second-order valence-corrected chi connectivity index (χ2v) is 4.17. The first kappa shape index (κ1) is 12.1. The summed E-state index contributed by atoms with van der Waals surface area (Å²) in [5, 5.41) is 6.74. The van der Waals surface area contributed by atoms with E-state index in [0.717, 1.165) is 5.69 Å². The first-order valence-corrected chi connectivity index (χ1v) is 5.48. The molecule has 0 radical (unpaired) electrons. The third kappa shape index (κ3) is 2.99. The van der Waals surface area contributed by atoms with Crippen molar-refractivity contribution in [3.63, 3.8) is 0 Å². The molecule has 15 heavy (non-hydrogen) atoms. The fraction of sp³-hybridized carbons (Fsp3) is 0.600. The lowest BCUT2D eigenvalue weighted by molar-refractivity contribution is 0.0519. The van der Waals surface area contributed by atoms with Gasteiger partial charge in [0.15, 0.2) is 5.69 Å². The standard InChI is InChI=1S/C10H16N2O2S/c1-4-14-10(13)8-5-7(11-12-8)9(15)6(2)3/h5-6,9,15H,4H2,1-3H3,(H,11,12). The van der Waals surface area contributed by atoms with Crippen molar-refractivity contribution in [3.8, 4) is 0 Å². The van der Waals surface area contributed by atoms with Crippen molar-refractivity contribution >= 4 is 18.6 Å². The third-order valence-electron chi connectivity index (χ3n) is 2.03. The Kier molecular flexibility index (Phi) is 4.20. The molecule has 1 heterocycles. The van der Waals surface area contributed by atoms with E-state index in [1.807, 2.05) is 0 Å². The van der Waals surface area contributed by atoms with Crippen molar-refractivity contribution in [2.24, 2.45) is 5.92 Å². The molecular weight excluding hydrogens is 212 g/mol. The molecule has 0 saturated heterocycles. The summed E-state index contributed by atoms with van der Waals surface area (Å²) in [6.45, 7) is 6.24. The number of ether oxygens (including phenoxy) is 1. The monoisotopic (exact) mass is 228 g/mol. The highest BCUT2D eigenvalue weighted by molar-refractivity contribution is 7.80. The van der Waals surface area contributed by atoms with Crippen LogP contribution < -0.4 is 0 Å². The predicted molar refractivity (Wildman–Crippen MR) is 61.1 cm³/mol. The topological polar surface area (TPSA) is 55.0 Å². The Balaban J connectivity index is 2.76. The zero-order valence-corrected chi connectivity index (χ0v) is 10.0. The van der Waals surface area contributed by atoms with Gasteiger partial charge in [-0.25, -0.2) is 4.79 Å². The van der Waals surface area contributed by atoms with Gasteiger partial charge in [0.05, 0.1) is 6.61 Å². The van der Waals surface area contributed by atoms with E-state index in [2.05, 4.69) is 36.7 Å². The normalized spacial score (nSPS) is 12.9. The number of nitrogens with zero attached hydrogens (tertiary/aromatic N) is 1. The first-order valence-electron chi connectivity index (χ1n) is 4.96. The van der Waals surface area contributed by atoms with Crippen LogP contribution in [0.2, 0.25) is 0 Å². The number of H-pyrrole nitrogens is 1. The molecule has 0 aromatic carbocycles. The fourth-order valence-electron chi connectivity index (χ4n) is 1.16. The molecule has 84 valence electrons. The number of hydrogen-bond donors (Lipinski definition) is 2. The van der Waals surface area contributed by atoms with Crippen molar-refractivity contribution < 1.29 is 9.53 Å². The second-order valence-electron chi connectivity index (χ2n) is 3.62. The van der Waals surface area contributed by atoms with Crippen molar-refractivity contribution in [2.45, 2.75) is 26.0 Å². The Bertz CT molecular complexity index is 336. The SMILES string of the molecule is CCOC(=O)c1cc(C(S)C(C)C)[nH]n1. The fourth-order valence-corrected chi connectivity index (χ4v) is 1.29. The smallest absolute Gasteiger partial charge is 0.358 e. The van der Waals surface area contributed by atoms with Crippen molar-refractivity contribution in [3.05, 3.63) is 17.5 Å². The van der Waals surface area contributed by atoms with E-state index < -0.39 is 5.97 Å². The molecule has 1 rings (SSSR count). The maximum atomic E-state index is 11.3. The van der Waals surface area contributed by atoms with E-state index in [1.165, 1.54) is 0 Å². The largest absolute Gasteiger partial charge is 0.461 e. The average Bonchev–Trinajstić information content (AvgIpc) is 2.65. The molecule has 1 unspecified atom stereocenters. The van der Waals surface area contributed by atoms with E-state index in [9.17, 15) is 4.79 Å². The van der Waals surface area contributed by atoms with E-state index in [4.69, 9.17) is 4.74 Å². The summed E-state index contributed by atoms with van der Waals surface area (Å²) in [6.07, 6.45) is 0. The first-order chi connectivity index (χ1) is 7.06. The van der Waals surface area contributed by atoms with Crippen LogP contribution in [-0.2, 0) is 4.74 Å². The van der Waals surface area contributed by atoms with Gasteiger partial charge < -0.3 is 4.74 Å². The minimum Gasteiger partial charge on any atom is -0.461 e. The highest BCUT2D eigenvalue weighted by Crippen LogP contribution is 2.26. The highest BCUT2D eigenvalue weighted by Gasteiger charge is 2.17. The van der Waals surface area contributed by atoms with Gasteiger partial charge in [0.25, 0.3) is 0 Å². The summed E-state index contributed by atoms with van der Waals surface area (Å²) in [6, 6.07) is 1.69. The van der Waals surface area contributed by atoms with Gasteiger partial charge in [0.2, 0.25) is 0 Å². The number of nitrogens with one attached hydrogen (secondary N) is 1. The lowest BCUT2D eigenvalue weighted by Gasteiger charge is -2.11. The molecule has 0 aliphatic heterocycles. The Hall–Kier alpha value is -0.970. The number of aromatic nitrogens is 2. The summed E-state index contributed by atoms with van der Waals surface area (Å²) in [5.74, 6) is -0.0203. The number of carbonyl (C=O) groups excluding carboxylic acids is 1. The lowest BCUT2D eigenvalue weighted by Crippen LogP contribution is -2.04. The number of thiol groups is 1. The molecular formula is C10H16N2O2S. The van der Waals surface area contributed by atoms with Gasteiger partial charge in [0.1, 0.15) is 0 Å². The molecule has 0 bridgehead atoms. The molecule has 0 aliphatic carbocycles. The Morgan fingerprint density at radius 3 is 2.87 bits per heavy atom. The molecule has 0 saturated carbocycles. The van der Waals surface area contributed by atoms with Gasteiger partial charge >= 0.3 is 5.97 Å². The van der Waals surface area contributed by atoms with Gasteiger partial charge in [0, 0.05) is 10.9 Å². The number of hydrogen-bond acceptors (Lipinski definition) is 4. The van der Waals surface area contributed by atoms with Gasteiger partial charge in [-0.2, -0.15) is 17.7 Å². The second kappa shape index (κ2) is 5.21. The number of esters is 1. The predicted octanol–water partition coefficient (Wildman–Crippen LogP) is 2.21. The van der Waals surface area contributed by atoms with Crippen LogP contribution in [0.15, 0.2) is 6.07 Å². The Labute approximate surface area is 94.8 Å². The highest BCUT2D eigenvalue weighted by atomic mass is 32.1. The van der Waals surface area contributed by atoms with Crippen LogP contribution in [0.3, 0.4) is 0 Å². The Morgan fingerprint density at radius 1 is 1.67 bits per heavy atom. The summed E-state index contributed by atoms with van der Waals surface area (Å²) < 4.78 is 4.84.